The topological polar surface area (TPSA) is 89.9 Å². The van der Waals surface area contributed by atoms with Crippen molar-refractivity contribution < 1.29 is 19.8 Å². The minimum absolute atomic E-state index is 0.0667. The number of carboxylic acid groups (broad SMARTS) is 1. The molecule has 1 aliphatic heterocycles. The van der Waals surface area contributed by atoms with Gasteiger partial charge in [0.1, 0.15) is 0 Å². The number of benzene rings is 1. The van der Waals surface area contributed by atoms with Gasteiger partial charge < -0.3 is 20.4 Å². The zero-order valence-electron chi connectivity index (χ0n) is 12.2. The summed E-state index contributed by atoms with van der Waals surface area (Å²) in [4.78, 5) is 24.9. The molecule has 1 heterocycles. The van der Waals surface area contributed by atoms with Gasteiger partial charge in [0.25, 0.3) is 0 Å². The lowest BCUT2D eigenvalue weighted by molar-refractivity contribution is 0.0697. The number of rotatable bonds is 3. The molecule has 2 atom stereocenters. The van der Waals surface area contributed by atoms with Crippen LogP contribution < -0.4 is 5.32 Å². The number of likely N-dealkylation sites (tertiary alicyclic amines) is 1. The van der Waals surface area contributed by atoms with Crippen molar-refractivity contribution in [1.82, 2.24) is 4.90 Å². The predicted octanol–water partition coefficient (Wildman–Crippen LogP) is 1.93. The summed E-state index contributed by atoms with van der Waals surface area (Å²) < 4.78 is 0. The van der Waals surface area contributed by atoms with Gasteiger partial charge in [0.15, 0.2) is 0 Å². The van der Waals surface area contributed by atoms with Crippen LogP contribution in [0.15, 0.2) is 18.2 Å². The number of anilines is 1. The Bertz CT molecular complexity index is 559. The molecular formula is C15H20N2O4. The summed E-state index contributed by atoms with van der Waals surface area (Å²) in [7, 11) is 0. The zero-order chi connectivity index (χ0) is 15.6. The molecule has 2 rings (SSSR count). The Kier molecular flexibility index (Phi) is 4.47. The number of nitrogens with zero attached hydrogens (tertiary/aromatic N) is 1. The fourth-order valence-electron chi connectivity index (χ4n) is 2.62. The molecule has 114 valence electrons. The Morgan fingerprint density at radius 2 is 2.14 bits per heavy atom. The number of aromatic carboxylic acids is 1. The predicted molar refractivity (Wildman–Crippen MR) is 78.5 cm³/mol. The van der Waals surface area contributed by atoms with Crippen molar-refractivity contribution in [3.05, 3.63) is 29.3 Å². The Morgan fingerprint density at radius 1 is 1.43 bits per heavy atom. The molecular weight excluding hydrogens is 272 g/mol. The van der Waals surface area contributed by atoms with Crippen LogP contribution in [0, 0.1) is 12.8 Å². The highest BCUT2D eigenvalue weighted by atomic mass is 16.4. The molecule has 1 aromatic carbocycles. The van der Waals surface area contributed by atoms with Crippen LogP contribution in [0.4, 0.5) is 10.5 Å². The van der Waals surface area contributed by atoms with Crippen LogP contribution in [-0.4, -0.2) is 46.3 Å². The third kappa shape index (κ3) is 3.16. The second-order valence-corrected chi connectivity index (χ2v) is 5.47. The Balaban J connectivity index is 2.16. The maximum atomic E-state index is 12.3. The monoisotopic (exact) mass is 292 g/mol. The van der Waals surface area contributed by atoms with Gasteiger partial charge in [0, 0.05) is 12.2 Å². The Labute approximate surface area is 123 Å². The van der Waals surface area contributed by atoms with Crippen molar-refractivity contribution in [2.45, 2.75) is 26.3 Å². The third-order valence-corrected chi connectivity index (χ3v) is 4.06. The molecule has 0 bridgehead atoms. The summed E-state index contributed by atoms with van der Waals surface area (Å²) in [6.45, 7) is 4.33. The number of amides is 2. The highest BCUT2D eigenvalue weighted by molar-refractivity contribution is 5.94. The molecule has 1 aromatic rings. The van der Waals surface area contributed by atoms with Gasteiger partial charge in [-0.1, -0.05) is 13.0 Å². The van der Waals surface area contributed by atoms with E-state index < -0.39 is 5.97 Å². The van der Waals surface area contributed by atoms with Crippen molar-refractivity contribution in [3.8, 4) is 0 Å². The van der Waals surface area contributed by atoms with Crippen LogP contribution in [0.3, 0.4) is 0 Å². The lowest BCUT2D eigenvalue weighted by Crippen LogP contribution is -2.42. The smallest absolute Gasteiger partial charge is 0.335 e. The molecule has 21 heavy (non-hydrogen) atoms. The van der Waals surface area contributed by atoms with Crippen molar-refractivity contribution in [2.75, 3.05) is 18.5 Å². The maximum Gasteiger partial charge on any atom is 0.335 e. The van der Waals surface area contributed by atoms with E-state index >= 15 is 0 Å². The average molecular weight is 292 g/mol. The Hall–Kier alpha value is -2.08. The molecule has 3 N–H and O–H groups in total. The number of aliphatic hydroxyl groups is 1. The second-order valence-electron chi connectivity index (χ2n) is 5.47. The van der Waals surface area contributed by atoms with E-state index in [9.17, 15) is 14.7 Å². The molecule has 1 saturated heterocycles. The first-order valence-electron chi connectivity index (χ1n) is 6.96. The van der Waals surface area contributed by atoms with Gasteiger partial charge in [-0.3, -0.25) is 0 Å². The number of hydrogen-bond donors (Lipinski definition) is 3. The maximum absolute atomic E-state index is 12.3. The van der Waals surface area contributed by atoms with Crippen LogP contribution in [-0.2, 0) is 0 Å². The number of hydrogen-bond acceptors (Lipinski definition) is 3. The average Bonchev–Trinajstić information content (AvgIpc) is 2.82. The number of nitrogens with one attached hydrogen (secondary N) is 1. The number of aryl methyl sites for hydroxylation is 1. The van der Waals surface area contributed by atoms with E-state index in [1.165, 1.54) is 12.1 Å². The van der Waals surface area contributed by atoms with Gasteiger partial charge >= 0.3 is 12.0 Å². The zero-order valence-corrected chi connectivity index (χ0v) is 12.2. The van der Waals surface area contributed by atoms with Crippen LogP contribution in [0.25, 0.3) is 0 Å². The van der Waals surface area contributed by atoms with Crippen molar-refractivity contribution >= 4 is 17.7 Å². The van der Waals surface area contributed by atoms with Crippen molar-refractivity contribution in [2.24, 2.45) is 5.92 Å². The summed E-state index contributed by atoms with van der Waals surface area (Å²) in [6.07, 6.45) is 0.854. The molecule has 0 aromatic heterocycles. The van der Waals surface area contributed by atoms with Gasteiger partial charge in [-0.25, -0.2) is 9.59 Å². The van der Waals surface area contributed by atoms with Crippen molar-refractivity contribution in [1.29, 1.82) is 0 Å². The van der Waals surface area contributed by atoms with E-state index in [2.05, 4.69) is 5.32 Å². The van der Waals surface area contributed by atoms with E-state index in [4.69, 9.17) is 5.11 Å². The number of aliphatic hydroxyl groups excluding tert-OH is 1. The SMILES string of the molecule is Cc1ccc(C(=O)O)cc1NC(=O)N1CCC(C)C1CO. The molecule has 1 aliphatic rings. The summed E-state index contributed by atoms with van der Waals surface area (Å²) in [5.74, 6) is -0.777. The van der Waals surface area contributed by atoms with E-state index in [0.717, 1.165) is 12.0 Å². The molecule has 0 spiro atoms. The first-order valence-corrected chi connectivity index (χ1v) is 6.96. The fraction of sp³-hybridized carbons (Fsp3) is 0.467. The standard InChI is InChI=1S/C15H20N2O4/c1-9-3-4-11(14(19)20)7-12(9)16-15(21)17-6-5-10(2)13(17)8-18/h3-4,7,10,13,18H,5-6,8H2,1-2H3,(H,16,21)(H,19,20). The number of urea groups is 1. The molecule has 0 aliphatic carbocycles. The van der Waals surface area contributed by atoms with Gasteiger partial charge in [0.05, 0.1) is 18.2 Å². The summed E-state index contributed by atoms with van der Waals surface area (Å²) >= 11 is 0. The molecule has 0 radical (unpaired) electrons. The highest BCUT2D eigenvalue weighted by Crippen LogP contribution is 2.25. The van der Waals surface area contributed by atoms with E-state index in [0.29, 0.717) is 12.2 Å². The first-order chi connectivity index (χ1) is 9.93. The molecule has 6 nitrogen and oxygen atoms in total. The van der Waals surface area contributed by atoms with Crippen LogP contribution >= 0.6 is 0 Å². The molecule has 1 fully saturated rings. The third-order valence-electron chi connectivity index (χ3n) is 4.06. The van der Waals surface area contributed by atoms with Gasteiger partial charge in [-0.2, -0.15) is 0 Å². The van der Waals surface area contributed by atoms with E-state index in [1.807, 2.05) is 6.92 Å². The summed E-state index contributed by atoms with van der Waals surface area (Å²) in [5.41, 5.74) is 1.40. The number of carbonyl (C=O) groups excluding carboxylic acids is 1. The molecule has 2 amide bonds. The van der Waals surface area contributed by atoms with Crippen LogP contribution in [0.1, 0.15) is 29.3 Å². The lowest BCUT2D eigenvalue weighted by Gasteiger charge is -2.25. The molecule has 2 unspecified atom stereocenters. The van der Waals surface area contributed by atoms with Crippen LogP contribution in [0.5, 0.6) is 0 Å². The van der Waals surface area contributed by atoms with Crippen LogP contribution in [0.2, 0.25) is 0 Å². The first kappa shape index (κ1) is 15.3. The minimum Gasteiger partial charge on any atom is -0.478 e. The Morgan fingerprint density at radius 3 is 2.76 bits per heavy atom. The number of carbonyl (C=O) groups is 2. The normalized spacial score (nSPS) is 21.4. The number of carboxylic acids is 1. The molecule has 0 saturated carbocycles. The lowest BCUT2D eigenvalue weighted by atomic mass is 10.0. The quantitative estimate of drug-likeness (QED) is 0.794. The molecule has 6 heteroatoms. The second kappa shape index (κ2) is 6.13. The largest absolute Gasteiger partial charge is 0.478 e. The summed E-state index contributed by atoms with van der Waals surface area (Å²) in [6, 6.07) is 4.12. The van der Waals surface area contributed by atoms with Crippen molar-refractivity contribution in [3.63, 3.8) is 0 Å². The van der Waals surface area contributed by atoms with Gasteiger partial charge in [-0.05, 0) is 37.0 Å². The van der Waals surface area contributed by atoms with Gasteiger partial charge in [0.2, 0.25) is 0 Å². The van der Waals surface area contributed by atoms with Gasteiger partial charge in [-0.15, -0.1) is 0 Å². The van der Waals surface area contributed by atoms with E-state index in [-0.39, 0.29) is 30.2 Å². The minimum atomic E-state index is -1.03. The fourth-order valence-corrected chi connectivity index (χ4v) is 2.62. The van der Waals surface area contributed by atoms with E-state index in [1.54, 1.807) is 17.9 Å². The highest BCUT2D eigenvalue weighted by Gasteiger charge is 2.34. The summed E-state index contributed by atoms with van der Waals surface area (Å²) in [5, 5.41) is 21.1.